The van der Waals surface area contributed by atoms with Gasteiger partial charge in [0.2, 0.25) is 0 Å². The number of fused-ring (bicyclic) bond motifs is 3. The summed E-state index contributed by atoms with van der Waals surface area (Å²) in [6.07, 6.45) is 3.88. The highest BCUT2D eigenvalue weighted by atomic mass is 32.2. The Balaban J connectivity index is 1.61. The molecule has 4 aliphatic rings. The summed E-state index contributed by atoms with van der Waals surface area (Å²) >= 11 is 1.19. The van der Waals surface area contributed by atoms with Crippen molar-refractivity contribution in [2.45, 2.75) is 41.9 Å². The van der Waals surface area contributed by atoms with E-state index in [0.717, 1.165) is 19.4 Å². The van der Waals surface area contributed by atoms with Gasteiger partial charge in [-0.05, 0) is 56.2 Å². The van der Waals surface area contributed by atoms with Crippen molar-refractivity contribution in [2.75, 3.05) is 30.7 Å². The van der Waals surface area contributed by atoms with Crippen LogP contribution in [0.5, 0.6) is 0 Å². The molecule has 3 aliphatic heterocycles. The Morgan fingerprint density at radius 2 is 1.95 bits per heavy atom. The fraction of sp³-hybridized carbons (Fsp3) is 0.769. The van der Waals surface area contributed by atoms with Crippen LogP contribution in [-0.4, -0.2) is 48.6 Å². The van der Waals surface area contributed by atoms with Crippen LogP contribution in [0.1, 0.15) is 25.7 Å². The Morgan fingerprint density at radius 1 is 1.24 bits per heavy atom. The Morgan fingerprint density at radius 3 is 2.52 bits per heavy atom. The maximum Gasteiger partial charge on any atom is 0.187 e. The second-order valence-electron chi connectivity index (χ2n) is 6.36. The van der Waals surface area contributed by atoms with Crippen molar-refractivity contribution in [1.29, 1.82) is 0 Å². The lowest BCUT2D eigenvalue weighted by atomic mass is 9.84. The molecular formula is C13H20N4O2S2. The van der Waals surface area contributed by atoms with Crippen molar-refractivity contribution in [3.8, 4) is 0 Å². The third kappa shape index (κ3) is 2.33. The van der Waals surface area contributed by atoms with Crippen molar-refractivity contribution in [3.05, 3.63) is 0 Å². The van der Waals surface area contributed by atoms with Crippen LogP contribution < -0.4 is 11.1 Å². The second kappa shape index (κ2) is 4.82. The van der Waals surface area contributed by atoms with E-state index in [1.54, 1.807) is 0 Å². The first-order valence-corrected chi connectivity index (χ1v) is 9.85. The molecule has 6 nitrogen and oxygen atoms in total. The fourth-order valence-corrected chi connectivity index (χ4v) is 6.44. The van der Waals surface area contributed by atoms with Gasteiger partial charge in [0.05, 0.1) is 5.25 Å². The molecule has 0 spiro atoms. The zero-order chi connectivity index (χ0) is 14.6. The third-order valence-electron chi connectivity index (χ3n) is 4.89. The smallest absolute Gasteiger partial charge is 0.187 e. The Labute approximate surface area is 128 Å². The predicted molar refractivity (Wildman–Crippen MR) is 83.3 cm³/mol. The largest absolute Gasteiger partial charge is 0.382 e. The monoisotopic (exact) mass is 328 g/mol. The number of nitrogens with two attached hydrogens (primary N) is 1. The number of nitrogen functional groups attached to an aromatic ring is 1. The summed E-state index contributed by atoms with van der Waals surface area (Å²) in [7, 11) is -3.30. The van der Waals surface area contributed by atoms with E-state index in [0.29, 0.717) is 17.0 Å². The molecule has 0 radical (unpaired) electrons. The van der Waals surface area contributed by atoms with Gasteiger partial charge in [-0.2, -0.15) is 4.37 Å². The number of hydrogen-bond acceptors (Lipinski definition) is 7. The van der Waals surface area contributed by atoms with Crippen LogP contribution in [0, 0.1) is 5.92 Å². The van der Waals surface area contributed by atoms with E-state index in [4.69, 9.17) is 5.73 Å². The molecule has 0 aromatic carbocycles. The van der Waals surface area contributed by atoms with E-state index in [1.807, 2.05) is 0 Å². The van der Waals surface area contributed by atoms with E-state index < -0.39 is 9.84 Å². The third-order valence-corrected chi connectivity index (χ3v) is 8.15. The van der Waals surface area contributed by atoms with Gasteiger partial charge in [0.25, 0.3) is 0 Å². The van der Waals surface area contributed by atoms with E-state index in [9.17, 15) is 8.42 Å². The van der Waals surface area contributed by atoms with Crippen molar-refractivity contribution in [3.63, 3.8) is 0 Å². The summed E-state index contributed by atoms with van der Waals surface area (Å²) in [6.45, 7) is 3.33. The number of sulfone groups is 1. The zero-order valence-electron chi connectivity index (χ0n) is 11.8. The topological polar surface area (TPSA) is 88.3 Å². The lowest BCUT2D eigenvalue weighted by molar-refractivity contribution is 0.0976. The van der Waals surface area contributed by atoms with Gasteiger partial charge in [0, 0.05) is 12.6 Å². The highest BCUT2D eigenvalue weighted by Crippen LogP contribution is 2.42. The molecular weight excluding hydrogens is 308 g/mol. The van der Waals surface area contributed by atoms with Crippen molar-refractivity contribution in [1.82, 2.24) is 9.27 Å². The van der Waals surface area contributed by atoms with Crippen molar-refractivity contribution in [2.24, 2.45) is 5.92 Å². The number of aromatic nitrogens is 1. The molecule has 21 heavy (non-hydrogen) atoms. The zero-order valence-corrected chi connectivity index (χ0v) is 13.4. The molecule has 1 aromatic rings. The number of nitrogens with one attached hydrogen (secondary N) is 1. The van der Waals surface area contributed by atoms with E-state index >= 15 is 0 Å². The normalized spacial score (nSPS) is 32.3. The van der Waals surface area contributed by atoms with Crippen LogP contribution in [-0.2, 0) is 9.84 Å². The van der Waals surface area contributed by atoms with Gasteiger partial charge in [-0.25, -0.2) is 8.42 Å². The van der Waals surface area contributed by atoms with Crippen molar-refractivity contribution < 1.29 is 8.42 Å². The van der Waals surface area contributed by atoms with Gasteiger partial charge in [-0.15, -0.1) is 0 Å². The van der Waals surface area contributed by atoms with Gasteiger partial charge < -0.3 is 16.0 Å². The summed E-state index contributed by atoms with van der Waals surface area (Å²) in [6, 6.07) is 0.320. The van der Waals surface area contributed by atoms with Gasteiger partial charge in [0.15, 0.2) is 15.7 Å². The average molecular weight is 328 g/mol. The quantitative estimate of drug-likeness (QED) is 0.862. The molecule has 1 saturated carbocycles. The molecule has 1 aromatic heterocycles. The molecule has 4 fully saturated rings. The summed E-state index contributed by atoms with van der Waals surface area (Å²) in [4.78, 5) is 2.70. The van der Waals surface area contributed by atoms with Gasteiger partial charge in [0.1, 0.15) is 9.90 Å². The van der Waals surface area contributed by atoms with E-state index in [2.05, 4.69) is 14.6 Å². The Kier molecular flexibility index (Phi) is 3.16. The van der Waals surface area contributed by atoms with Crippen LogP contribution in [0.25, 0.3) is 0 Å². The maximum absolute atomic E-state index is 12.5. The summed E-state index contributed by atoms with van der Waals surface area (Å²) in [5.74, 6) is 0.797. The molecule has 1 unspecified atom stereocenters. The molecule has 0 amide bonds. The number of piperidine rings is 3. The minimum Gasteiger partial charge on any atom is -0.382 e. The Hall–Kier alpha value is -0.860. The molecule has 1 atom stereocenters. The Bertz CT molecular complexity index is 645. The van der Waals surface area contributed by atoms with Crippen molar-refractivity contribution >= 4 is 32.2 Å². The lowest BCUT2D eigenvalue weighted by Gasteiger charge is -2.45. The molecule has 3 N–H and O–H groups in total. The standard InChI is InChI=1S/C13H20N4O2S2/c14-12-11(21(18,19)9-1-2-9)13(20-16-12)15-10-7-17-5-3-8(10)4-6-17/h8-10,15H,1-7H2,(H2,14,16). The number of anilines is 2. The SMILES string of the molecule is Nc1nsc(NC2CN3CCC2CC3)c1S(=O)(=O)C1CC1. The first-order valence-electron chi connectivity index (χ1n) is 7.53. The molecule has 2 bridgehead atoms. The number of nitrogens with zero attached hydrogens (tertiary/aromatic N) is 2. The average Bonchev–Trinajstić information content (AvgIpc) is 3.26. The van der Waals surface area contributed by atoms with Crippen LogP contribution in [0.15, 0.2) is 4.90 Å². The van der Waals surface area contributed by atoms with Crippen LogP contribution in [0.4, 0.5) is 10.8 Å². The van der Waals surface area contributed by atoms with Crippen LogP contribution in [0.3, 0.4) is 0 Å². The number of rotatable bonds is 4. The lowest BCUT2D eigenvalue weighted by Crippen LogP contribution is -2.53. The minimum absolute atomic E-state index is 0.163. The minimum atomic E-state index is -3.30. The first-order chi connectivity index (χ1) is 10.1. The fourth-order valence-electron chi connectivity index (χ4n) is 3.50. The first kappa shape index (κ1) is 13.8. The van der Waals surface area contributed by atoms with Gasteiger partial charge in [-0.1, -0.05) is 0 Å². The van der Waals surface area contributed by atoms with Crippen LogP contribution in [0.2, 0.25) is 0 Å². The molecule has 116 valence electrons. The summed E-state index contributed by atoms with van der Waals surface area (Å²) in [5.41, 5.74) is 5.84. The van der Waals surface area contributed by atoms with E-state index in [1.165, 1.54) is 37.5 Å². The predicted octanol–water partition coefficient (Wildman–Crippen LogP) is 1.17. The summed E-state index contributed by atoms with van der Waals surface area (Å²) < 4.78 is 29.2. The number of hydrogen-bond donors (Lipinski definition) is 2. The summed E-state index contributed by atoms with van der Waals surface area (Å²) in [5, 5.41) is 3.85. The highest BCUT2D eigenvalue weighted by Gasteiger charge is 2.42. The molecule has 8 heteroatoms. The van der Waals surface area contributed by atoms with E-state index in [-0.39, 0.29) is 16.0 Å². The highest BCUT2D eigenvalue weighted by molar-refractivity contribution is 7.92. The van der Waals surface area contributed by atoms with Gasteiger partial charge >= 0.3 is 0 Å². The van der Waals surface area contributed by atoms with Gasteiger partial charge in [-0.3, -0.25) is 0 Å². The molecule has 5 rings (SSSR count). The molecule has 1 aliphatic carbocycles. The maximum atomic E-state index is 12.5. The molecule has 4 heterocycles. The second-order valence-corrected chi connectivity index (χ2v) is 9.30. The van der Waals surface area contributed by atoms with Crippen LogP contribution >= 0.6 is 11.5 Å². The molecule has 3 saturated heterocycles.